The summed E-state index contributed by atoms with van der Waals surface area (Å²) in [6.07, 6.45) is 1.47. The summed E-state index contributed by atoms with van der Waals surface area (Å²) >= 11 is 0. The van der Waals surface area contributed by atoms with Crippen molar-refractivity contribution in [1.29, 1.82) is 0 Å². The summed E-state index contributed by atoms with van der Waals surface area (Å²) < 4.78 is 10.5. The standard InChI is InChI=1S/C21H22N2O4/c1-26-18-8-7-14(11-19(18)27-2)22-20(24)15-12-16(15)21(25)23-10-9-13-5-3-4-6-17(13)23/h3-8,11,15-16H,9-10,12H2,1-2H3,(H,22,24). The zero-order valence-electron chi connectivity index (χ0n) is 15.4. The second-order valence-corrected chi connectivity index (χ2v) is 6.88. The minimum Gasteiger partial charge on any atom is -0.493 e. The van der Waals surface area contributed by atoms with Gasteiger partial charge in [0.05, 0.1) is 26.1 Å². The molecule has 1 heterocycles. The number of nitrogens with zero attached hydrogens (tertiary/aromatic N) is 1. The summed E-state index contributed by atoms with van der Waals surface area (Å²) in [5.41, 5.74) is 2.80. The molecular weight excluding hydrogens is 344 g/mol. The Hall–Kier alpha value is -3.02. The van der Waals surface area contributed by atoms with Gasteiger partial charge in [-0.1, -0.05) is 18.2 Å². The van der Waals surface area contributed by atoms with Crippen LogP contribution in [-0.2, 0) is 16.0 Å². The largest absolute Gasteiger partial charge is 0.493 e. The van der Waals surface area contributed by atoms with Crippen LogP contribution in [0.2, 0.25) is 0 Å². The fourth-order valence-electron chi connectivity index (χ4n) is 3.67. The quantitative estimate of drug-likeness (QED) is 0.884. The van der Waals surface area contributed by atoms with Gasteiger partial charge >= 0.3 is 0 Å². The van der Waals surface area contributed by atoms with E-state index in [4.69, 9.17) is 9.47 Å². The lowest BCUT2D eigenvalue weighted by molar-refractivity contribution is -0.123. The number of carbonyl (C=O) groups is 2. The van der Waals surface area contributed by atoms with Gasteiger partial charge in [0.1, 0.15) is 0 Å². The third kappa shape index (κ3) is 3.23. The van der Waals surface area contributed by atoms with E-state index in [1.54, 1.807) is 32.4 Å². The van der Waals surface area contributed by atoms with Gasteiger partial charge in [-0.05, 0) is 36.6 Å². The van der Waals surface area contributed by atoms with Crippen molar-refractivity contribution < 1.29 is 19.1 Å². The molecule has 4 rings (SSSR count). The van der Waals surface area contributed by atoms with Crippen LogP contribution in [0.1, 0.15) is 12.0 Å². The zero-order valence-corrected chi connectivity index (χ0v) is 15.4. The number of amides is 2. The predicted molar refractivity (Wildman–Crippen MR) is 102 cm³/mol. The molecule has 2 atom stereocenters. The van der Waals surface area contributed by atoms with Crippen molar-refractivity contribution in [3.05, 3.63) is 48.0 Å². The molecule has 27 heavy (non-hydrogen) atoms. The van der Waals surface area contributed by atoms with Gasteiger partial charge in [-0.3, -0.25) is 9.59 Å². The van der Waals surface area contributed by atoms with E-state index in [9.17, 15) is 9.59 Å². The normalized spacial score (nSPS) is 20.0. The highest BCUT2D eigenvalue weighted by Gasteiger charge is 2.50. The van der Waals surface area contributed by atoms with Crippen LogP contribution in [0.3, 0.4) is 0 Å². The highest BCUT2D eigenvalue weighted by molar-refractivity contribution is 6.05. The molecule has 0 saturated heterocycles. The van der Waals surface area contributed by atoms with E-state index < -0.39 is 0 Å². The lowest BCUT2D eigenvalue weighted by Crippen LogP contribution is -2.31. The lowest BCUT2D eigenvalue weighted by atomic mass is 10.2. The van der Waals surface area contributed by atoms with Crippen LogP contribution in [0.15, 0.2) is 42.5 Å². The molecule has 6 nitrogen and oxygen atoms in total. The average Bonchev–Trinajstić information content (AvgIpc) is 3.39. The number of benzene rings is 2. The smallest absolute Gasteiger partial charge is 0.230 e. The Labute approximate surface area is 158 Å². The molecule has 1 fully saturated rings. The molecule has 2 unspecified atom stereocenters. The Morgan fingerprint density at radius 2 is 1.81 bits per heavy atom. The van der Waals surface area contributed by atoms with Crippen LogP contribution < -0.4 is 19.7 Å². The minimum absolute atomic E-state index is 0.0485. The van der Waals surface area contributed by atoms with Crippen molar-refractivity contribution in [2.24, 2.45) is 11.8 Å². The van der Waals surface area contributed by atoms with Gasteiger partial charge in [0.25, 0.3) is 0 Å². The molecule has 2 aromatic carbocycles. The summed E-state index contributed by atoms with van der Waals surface area (Å²) in [6, 6.07) is 13.2. The van der Waals surface area contributed by atoms with Crippen molar-refractivity contribution in [3.8, 4) is 11.5 Å². The molecule has 0 aromatic heterocycles. The topological polar surface area (TPSA) is 67.9 Å². The lowest BCUT2D eigenvalue weighted by Gasteiger charge is -2.17. The number of rotatable bonds is 5. The first kappa shape index (κ1) is 17.4. The summed E-state index contributed by atoms with van der Waals surface area (Å²) in [5.74, 6) is 0.546. The van der Waals surface area contributed by atoms with Crippen molar-refractivity contribution >= 4 is 23.2 Å². The Balaban J connectivity index is 1.40. The summed E-state index contributed by atoms with van der Waals surface area (Å²) in [7, 11) is 3.11. The van der Waals surface area contributed by atoms with E-state index in [2.05, 4.69) is 11.4 Å². The molecule has 0 bridgehead atoms. The van der Waals surface area contributed by atoms with Gasteiger partial charge in [-0.25, -0.2) is 0 Å². The van der Waals surface area contributed by atoms with E-state index in [1.807, 2.05) is 23.1 Å². The Kier molecular flexibility index (Phi) is 4.48. The van der Waals surface area contributed by atoms with Crippen LogP contribution in [0.5, 0.6) is 11.5 Å². The number of ether oxygens (including phenoxy) is 2. The number of hydrogen-bond acceptors (Lipinski definition) is 4. The Morgan fingerprint density at radius 1 is 1.04 bits per heavy atom. The van der Waals surface area contributed by atoms with Crippen molar-refractivity contribution in [3.63, 3.8) is 0 Å². The summed E-state index contributed by atoms with van der Waals surface area (Å²) in [6.45, 7) is 0.693. The maximum absolute atomic E-state index is 12.8. The monoisotopic (exact) mass is 366 g/mol. The molecule has 2 aliphatic rings. The SMILES string of the molecule is COc1ccc(NC(=O)C2CC2C(=O)N2CCc3ccccc32)cc1OC. The fraction of sp³-hybridized carbons (Fsp3) is 0.333. The highest BCUT2D eigenvalue weighted by atomic mass is 16.5. The Morgan fingerprint density at radius 3 is 2.59 bits per heavy atom. The van der Waals surface area contributed by atoms with Crippen molar-refractivity contribution in [1.82, 2.24) is 0 Å². The summed E-state index contributed by atoms with van der Waals surface area (Å²) in [5, 5.41) is 2.88. The molecular formula is C21H22N2O4. The number of anilines is 2. The molecule has 0 spiro atoms. The molecule has 1 N–H and O–H groups in total. The van der Waals surface area contributed by atoms with E-state index in [0.717, 1.165) is 12.1 Å². The highest BCUT2D eigenvalue weighted by Crippen LogP contribution is 2.43. The van der Waals surface area contributed by atoms with Gasteiger partial charge < -0.3 is 19.7 Å². The van der Waals surface area contributed by atoms with Gasteiger partial charge in [-0.15, -0.1) is 0 Å². The van der Waals surface area contributed by atoms with E-state index >= 15 is 0 Å². The molecule has 140 valence electrons. The van der Waals surface area contributed by atoms with Crippen LogP contribution in [0.25, 0.3) is 0 Å². The van der Waals surface area contributed by atoms with Crippen molar-refractivity contribution in [2.75, 3.05) is 31.0 Å². The average molecular weight is 366 g/mol. The van der Waals surface area contributed by atoms with E-state index in [0.29, 0.717) is 30.2 Å². The van der Waals surface area contributed by atoms with Gasteiger partial charge in [0.2, 0.25) is 11.8 Å². The van der Waals surface area contributed by atoms with Crippen LogP contribution in [0, 0.1) is 11.8 Å². The second kappa shape index (κ2) is 6.95. The van der Waals surface area contributed by atoms with E-state index in [1.165, 1.54) is 5.56 Å². The first-order valence-electron chi connectivity index (χ1n) is 9.04. The van der Waals surface area contributed by atoms with Gasteiger partial charge in [0.15, 0.2) is 11.5 Å². The number of nitrogens with one attached hydrogen (secondary N) is 1. The van der Waals surface area contributed by atoms with Crippen LogP contribution in [-0.4, -0.2) is 32.6 Å². The zero-order chi connectivity index (χ0) is 19.0. The molecule has 1 aliphatic carbocycles. The third-order valence-corrected chi connectivity index (χ3v) is 5.25. The second-order valence-electron chi connectivity index (χ2n) is 6.88. The summed E-state index contributed by atoms with van der Waals surface area (Å²) in [4.78, 5) is 27.2. The molecule has 1 saturated carbocycles. The van der Waals surface area contributed by atoms with Crippen LogP contribution >= 0.6 is 0 Å². The first-order valence-corrected chi connectivity index (χ1v) is 9.04. The van der Waals surface area contributed by atoms with Crippen molar-refractivity contribution in [2.45, 2.75) is 12.8 Å². The first-order chi connectivity index (χ1) is 13.1. The van der Waals surface area contributed by atoms with E-state index in [-0.39, 0.29) is 23.7 Å². The fourth-order valence-corrected chi connectivity index (χ4v) is 3.67. The number of fused-ring (bicyclic) bond motifs is 1. The molecule has 0 radical (unpaired) electrons. The molecule has 2 aromatic rings. The maximum Gasteiger partial charge on any atom is 0.230 e. The van der Waals surface area contributed by atoms with Gasteiger partial charge in [0, 0.05) is 24.0 Å². The number of hydrogen-bond donors (Lipinski definition) is 1. The third-order valence-electron chi connectivity index (χ3n) is 5.25. The molecule has 6 heteroatoms. The number of carbonyl (C=O) groups excluding carboxylic acids is 2. The van der Waals surface area contributed by atoms with Crippen LogP contribution in [0.4, 0.5) is 11.4 Å². The maximum atomic E-state index is 12.8. The Bertz CT molecular complexity index is 896. The molecule has 2 amide bonds. The minimum atomic E-state index is -0.279. The van der Waals surface area contributed by atoms with Gasteiger partial charge in [-0.2, -0.15) is 0 Å². The molecule has 1 aliphatic heterocycles. The predicted octanol–water partition coefficient (Wildman–Crippen LogP) is 2.87. The number of methoxy groups -OCH3 is 2. The number of para-hydroxylation sites is 1.